The van der Waals surface area contributed by atoms with Crippen molar-refractivity contribution >= 4 is 34.1 Å². The first kappa shape index (κ1) is 25.6. The lowest BCUT2D eigenvalue weighted by molar-refractivity contribution is -0.116. The largest absolute Gasteiger partial charge is 0.493 e. The van der Waals surface area contributed by atoms with Gasteiger partial charge in [0.2, 0.25) is 5.91 Å². The molecule has 1 heterocycles. The minimum absolute atomic E-state index is 0.149. The molecule has 0 fully saturated rings. The molecule has 0 unspecified atom stereocenters. The Balaban J connectivity index is 1.87. The zero-order valence-corrected chi connectivity index (χ0v) is 21.3. The van der Waals surface area contributed by atoms with E-state index < -0.39 is 23.7 Å². The molecule has 3 aromatic carbocycles. The van der Waals surface area contributed by atoms with Crippen molar-refractivity contribution < 1.29 is 23.7 Å². The number of ether oxygens (including phenoxy) is 4. The van der Waals surface area contributed by atoms with Gasteiger partial charge in [0.05, 0.1) is 45.0 Å². The van der Waals surface area contributed by atoms with Crippen LogP contribution in [0.4, 0.5) is 5.69 Å². The van der Waals surface area contributed by atoms with Crippen LogP contribution in [0.2, 0.25) is 5.02 Å². The van der Waals surface area contributed by atoms with E-state index in [0.717, 1.165) is 4.57 Å². The summed E-state index contributed by atoms with van der Waals surface area (Å²) in [6.45, 7) is -0.403. The Kier molecular flexibility index (Phi) is 7.40. The smallest absolute Gasteiger partial charge is 0.336 e. The summed E-state index contributed by atoms with van der Waals surface area (Å²) in [5.74, 6) is 1.00. The van der Waals surface area contributed by atoms with Crippen molar-refractivity contribution in [2.75, 3.05) is 33.8 Å². The lowest BCUT2D eigenvalue weighted by Gasteiger charge is -2.17. The maximum Gasteiger partial charge on any atom is 0.336 e. The molecule has 0 saturated carbocycles. The molecule has 10 nitrogen and oxygen atoms in total. The van der Waals surface area contributed by atoms with Gasteiger partial charge in [0, 0.05) is 22.8 Å². The summed E-state index contributed by atoms with van der Waals surface area (Å²) >= 11 is 6.12. The number of rotatable bonds is 8. The van der Waals surface area contributed by atoms with E-state index >= 15 is 0 Å². The van der Waals surface area contributed by atoms with E-state index in [1.165, 1.54) is 51.2 Å². The second-order valence-corrected chi connectivity index (χ2v) is 8.27. The van der Waals surface area contributed by atoms with Crippen LogP contribution in [-0.4, -0.2) is 43.5 Å². The highest BCUT2D eigenvalue weighted by Crippen LogP contribution is 2.31. The van der Waals surface area contributed by atoms with Crippen LogP contribution in [0, 0.1) is 0 Å². The van der Waals surface area contributed by atoms with Crippen LogP contribution < -0.4 is 35.5 Å². The monoisotopic (exact) mass is 525 g/mol. The van der Waals surface area contributed by atoms with E-state index in [4.69, 9.17) is 30.5 Å². The van der Waals surface area contributed by atoms with Crippen molar-refractivity contribution in [2.45, 2.75) is 6.54 Å². The Labute approximate surface area is 216 Å². The third kappa shape index (κ3) is 4.96. The number of hydrogen-bond donors (Lipinski definition) is 1. The van der Waals surface area contributed by atoms with Crippen LogP contribution in [0.3, 0.4) is 0 Å². The molecule has 0 radical (unpaired) electrons. The van der Waals surface area contributed by atoms with Gasteiger partial charge in [-0.05, 0) is 36.4 Å². The number of halogens is 1. The van der Waals surface area contributed by atoms with Gasteiger partial charge < -0.3 is 24.3 Å². The van der Waals surface area contributed by atoms with Gasteiger partial charge in [0.25, 0.3) is 5.56 Å². The maximum absolute atomic E-state index is 13.6. The van der Waals surface area contributed by atoms with Crippen molar-refractivity contribution in [1.29, 1.82) is 0 Å². The van der Waals surface area contributed by atoms with E-state index in [2.05, 4.69) is 5.32 Å². The number of anilines is 1. The predicted molar refractivity (Wildman–Crippen MR) is 140 cm³/mol. The Hall–Kier alpha value is -4.44. The molecule has 0 atom stereocenters. The highest BCUT2D eigenvalue weighted by atomic mass is 35.5. The molecule has 4 rings (SSSR count). The van der Waals surface area contributed by atoms with Crippen molar-refractivity contribution in [3.8, 4) is 28.7 Å². The number of hydrogen-bond acceptors (Lipinski definition) is 7. The molecule has 37 heavy (non-hydrogen) atoms. The molecule has 11 heteroatoms. The molecule has 0 aliphatic carbocycles. The first-order valence-corrected chi connectivity index (χ1v) is 11.4. The summed E-state index contributed by atoms with van der Waals surface area (Å²) in [5, 5.41) is 3.23. The SMILES string of the molecule is COc1ccc(NC(=O)Cn2c(=O)n(-c3cccc(Cl)c3)c(=O)c3cc(OC)c(OC)cc32)cc1OC. The number of aromatic nitrogens is 2. The molecule has 0 spiro atoms. The minimum Gasteiger partial charge on any atom is -0.493 e. The van der Waals surface area contributed by atoms with Gasteiger partial charge in [-0.2, -0.15) is 0 Å². The first-order chi connectivity index (χ1) is 17.8. The summed E-state index contributed by atoms with van der Waals surface area (Å²) in [4.78, 5) is 40.2. The average molecular weight is 526 g/mol. The Bertz CT molecular complexity index is 1610. The maximum atomic E-state index is 13.6. The lowest BCUT2D eigenvalue weighted by Crippen LogP contribution is -2.40. The lowest BCUT2D eigenvalue weighted by atomic mass is 10.2. The van der Waals surface area contributed by atoms with Gasteiger partial charge in [-0.1, -0.05) is 17.7 Å². The van der Waals surface area contributed by atoms with Gasteiger partial charge in [-0.25, -0.2) is 9.36 Å². The van der Waals surface area contributed by atoms with E-state index in [0.29, 0.717) is 33.7 Å². The molecular formula is C26H24ClN3O7. The summed E-state index contributed by atoms with van der Waals surface area (Å²) in [5.41, 5.74) is -0.432. The second-order valence-electron chi connectivity index (χ2n) is 7.83. The fourth-order valence-electron chi connectivity index (χ4n) is 3.95. The van der Waals surface area contributed by atoms with Gasteiger partial charge in [0.15, 0.2) is 23.0 Å². The number of benzene rings is 3. The Morgan fingerprint density at radius 3 is 2.14 bits per heavy atom. The molecule has 1 amide bonds. The number of nitrogens with one attached hydrogen (secondary N) is 1. The van der Waals surface area contributed by atoms with Crippen molar-refractivity contribution in [3.05, 3.63) is 80.5 Å². The number of fused-ring (bicyclic) bond motifs is 1. The minimum atomic E-state index is -0.727. The first-order valence-electron chi connectivity index (χ1n) is 11.0. The number of carbonyl (C=O) groups is 1. The Morgan fingerprint density at radius 1 is 0.838 bits per heavy atom. The average Bonchev–Trinajstić information content (AvgIpc) is 2.90. The third-order valence-corrected chi connectivity index (χ3v) is 5.92. The van der Waals surface area contributed by atoms with E-state index in [-0.39, 0.29) is 16.6 Å². The molecule has 0 aliphatic heterocycles. The molecule has 0 bridgehead atoms. The van der Waals surface area contributed by atoms with E-state index in [1.807, 2.05) is 0 Å². The van der Waals surface area contributed by atoms with Crippen LogP contribution in [0.1, 0.15) is 0 Å². The van der Waals surface area contributed by atoms with Crippen LogP contribution in [0.5, 0.6) is 23.0 Å². The van der Waals surface area contributed by atoms with Gasteiger partial charge in [0.1, 0.15) is 6.54 Å². The summed E-state index contributed by atoms with van der Waals surface area (Å²) in [6, 6.07) is 14.2. The molecule has 0 saturated heterocycles. The zero-order valence-electron chi connectivity index (χ0n) is 20.5. The van der Waals surface area contributed by atoms with Gasteiger partial charge in [-0.3, -0.25) is 14.2 Å². The van der Waals surface area contributed by atoms with Crippen molar-refractivity contribution in [3.63, 3.8) is 0 Å². The van der Waals surface area contributed by atoms with Crippen molar-refractivity contribution in [1.82, 2.24) is 9.13 Å². The quantitative estimate of drug-likeness (QED) is 0.375. The summed E-state index contributed by atoms with van der Waals surface area (Å²) in [7, 11) is 5.86. The third-order valence-electron chi connectivity index (χ3n) is 5.68. The molecule has 1 aromatic heterocycles. The van der Waals surface area contributed by atoms with Crippen LogP contribution in [0.25, 0.3) is 16.6 Å². The topological polar surface area (TPSA) is 110 Å². The number of nitrogens with zero attached hydrogens (tertiary/aromatic N) is 2. The van der Waals surface area contributed by atoms with Gasteiger partial charge >= 0.3 is 5.69 Å². The summed E-state index contributed by atoms with van der Waals surface area (Å²) < 4.78 is 23.4. The molecule has 1 N–H and O–H groups in total. The fourth-order valence-corrected chi connectivity index (χ4v) is 4.13. The fraction of sp³-hybridized carbons (Fsp3) is 0.192. The highest BCUT2D eigenvalue weighted by Gasteiger charge is 2.20. The molecule has 192 valence electrons. The highest BCUT2D eigenvalue weighted by molar-refractivity contribution is 6.30. The Morgan fingerprint density at radius 2 is 1.49 bits per heavy atom. The van der Waals surface area contributed by atoms with Crippen LogP contribution in [-0.2, 0) is 11.3 Å². The molecule has 0 aliphatic rings. The zero-order chi connectivity index (χ0) is 26.7. The van der Waals surface area contributed by atoms with Crippen LogP contribution >= 0.6 is 11.6 Å². The van der Waals surface area contributed by atoms with E-state index in [9.17, 15) is 14.4 Å². The van der Waals surface area contributed by atoms with Crippen molar-refractivity contribution in [2.24, 2.45) is 0 Å². The normalized spacial score (nSPS) is 10.7. The number of amides is 1. The number of methoxy groups -OCH3 is 4. The second kappa shape index (κ2) is 10.7. The standard InChI is InChI=1S/C26H24ClN3O7/c1-34-20-9-8-16(11-21(20)35-2)28-24(31)14-29-19-13-23(37-4)22(36-3)12-18(19)25(32)30(26(29)33)17-7-5-6-15(27)10-17/h5-13H,14H2,1-4H3,(H,28,31). The van der Waals surface area contributed by atoms with E-state index in [1.54, 1.807) is 36.4 Å². The van der Waals surface area contributed by atoms with Crippen LogP contribution in [0.15, 0.2) is 64.2 Å². The number of carbonyl (C=O) groups excluding carboxylic acids is 1. The molecular weight excluding hydrogens is 502 g/mol. The predicted octanol–water partition coefficient (Wildman–Crippen LogP) is 3.48. The molecule has 4 aromatic rings. The summed E-state index contributed by atoms with van der Waals surface area (Å²) in [6.07, 6.45) is 0. The van der Waals surface area contributed by atoms with Gasteiger partial charge in [-0.15, -0.1) is 0 Å².